The number of rotatable bonds is 0. The van der Waals surface area contributed by atoms with Gasteiger partial charge in [0, 0.05) is 28.1 Å². The Morgan fingerprint density at radius 1 is 1.20 bits per heavy atom. The van der Waals surface area contributed by atoms with E-state index in [-0.39, 0.29) is 0 Å². The van der Waals surface area contributed by atoms with Crippen LogP contribution in [0.15, 0.2) is 35.0 Å². The highest BCUT2D eigenvalue weighted by Gasteiger charge is 2.08. The van der Waals surface area contributed by atoms with E-state index in [1.165, 1.54) is 0 Å². The van der Waals surface area contributed by atoms with Crippen molar-refractivity contribution in [2.45, 2.75) is 0 Å². The first-order valence-electron chi connectivity index (χ1n) is 4.47. The number of furan rings is 1. The van der Waals surface area contributed by atoms with Crippen LogP contribution >= 0.6 is 11.6 Å². The van der Waals surface area contributed by atoms with Gasteiger partial charge in [-0.2, -0.15) is 0 Å². The van der Waals surface area contributed by atoms with E-state index in [1.807, 2.05) is 12.1 Å². The van der Waals surface area contributed by atoms with E-state index in [4.69, 9.17) is 23.9 Å². The van der Waals surface area contributed by atoms with Crippen LogP contribution in [0.3, 0.4) is 0 Å². The molecule has 0 aliphatic rings. The second-order valence-corrected chi connectivity index (χ2v) is 3.78. The fourth-order valence-electron chi connectivity index (χ4n) is 1.73. The summed E-state index contributed by atoms with van der Waals surface area (Å²) < 4.78 is 5.59. The highest BCUT2D eigenvalue weighted by atomic mass is 35.5. The summed E-state index contributed by atoms with van der Waals surface area (Å²) in [4.78, 5) is 3.98. The zero-order chi connectivity index (χ0) is 10.4. The smallest absolute Gasteiger partial charge is 0.153 e. The number of hydrogen-bond donors (Lipinski definition) is 0. The molecule has 0 bridgehead atoms. The summed E-state index contributed by atoms with van der Waals surface area (Å²) in [6.45, 7) is 0. The fraction of sp³-hybridized carbons (Fsp3) is 0. The zero-order valence-electron chi connectivity index (χ0n) is 7.70. The third kappa shape index (κ3) is 1.23. The van der Waals surface area contributed by atoms with E-state index < -0.39 is 0 Å². The molecule has 3 rings (SSSR count). The van der Waals surface area contributed by atoms with E-state index in [0.29, 0.717) is 16.1 Å². The summed E-state index contributed by atoms with van der Waals surface area (Å²) in [5.74, 6) is 0. The molecule has 2 nitrogen and oxygen atoms in total. The van der Waals surface area contributed by atoms with Gasteiger partial charge in [0.2, 0.25) is 0 Å². The first-order chi connectivity index (χ1) is 7.25. The quantitative estimate of drug-likeness (QED) is 0.536. The molecule has 0 unspecified atom stereocenters. The number of pyridine rings is 1. The van der Waals surface area contributed by atoms with Gasteiger partial charge < -0.3 is 4.42 Å². The van der Waals surface area contributed by atoms with Crippen molar-refractivity contribution in [1.82, 2.24) is 4.98 Å². The van der Waals surface area contributed by atoms with Crippen molar-refractivity contribution in [2.24, 2.45) is 0 Å². The second kappa shape index (κ2) is 3.01. The Morgan fingerprint density at radius 2 is 2.07 bits per heavy atom. The summed E-state index contributed by atoms with van der Waals surface area (Å²) >= 11 is 5.88. The van der Waals surface area contributed by atoms with Crippen LogP contribution < -0.4 is 5.46 Å². The molecular weight excluding hydrogens is 208 g/mol. The monoisotopic (exact) mass is 213 g/mol. The van der Waals surface area contributed by atoms with Crippen molar-refractivity contribution >= 4 is 46.8 Å². The molecule has 0 fully saturated rings. The molecule has 0 atom stereocenters. The molecule has 0 N–H and O–H groups in total. The number of nitrogens with zero attached hydrogens (tertiary/aromatic N) is 1. The minimum atomic E-state index is 0.619. The largest absolute Gasteiger partial charge is 0.454 e. The van der Waals surface area contributed by atoms with Crippen molar-refractivity contribution in [3.63, 3.8) is 0 Å². The number of benzene rings is 1. The van der Waals surface area contributed by atoms with Crippen LogP contribution in [0.5, 0.6) is 0 Å². The average molecular weight is 213 g/mol. The lowest BCUT2D eigenvalue weighted by Crippen LogP contribution is -2.02. The van der Waals surface area contributed by atoms with Crippen molar-refractivity contribution in [3.05, 3.63) is 35.6 Å². The molecule has 0 saturated carbocycles. The minimum absolute atomic E-state index is 0.619. The van der Waals surface area contributed by atoms with E-state index in [0.717, 1.165) is 16.4 Å². The lowest BCUT2D eigenvalue weighted by Gasteiger charge is -1.93. The molecule has 2 radical (unpaired) electrons. The van der Waals surface area contributed by atoms with Gasteiger partial charge in [-0.25, -0.2) is 0 Å². The number of fused-ring (bicyclic) bond motifs is 3. The summed E-state index contributed by atoms with van der Waals surface area (Å²) in [5.41, 5.74) is 2.04. The normalized spacial score (nSPS) is 11.3. The summed E-state index contributed by atoms with van der Waals surface area (Å²) in [6.07, 6.45) is 3.27. The molecule has 0 amide bonds. The molecule has 70 valence electrons. The average Bonchev–Trinajstić information content (AvgIpc) is 2.56. The molecule has 2 aromatic heterocycles. The molecular formula is C11H5BClNO. The Bertz CT molecular complexity index is 662. The van der Waals surface area contributed by atoms with E-state index in [1.54, 1.807) is 18.5 Å². The van der Waals surface area contributed by atoms with Crippen LogP contribution in [0.2, 0.25) is 5.02 Å². The lowest BCUT2D eigenvalue weighted by molar-refractivity contribution is 0.667. The molecule has 0 saturated heterocycles. The van der Waals surface area contributed by atoms with E-state index >= 15 is 0 Å². The number of halogens is 1. The Morgan fingerprint density at radius 3 is 2.93 bits per heavy atom. The highest BCUT2D eigenvalue weighted by Crippen LogP contribution is 2.28. The van der Waals surface area contributed by atoms with Gasteiger partial charge in [0.05, 0.1) is 6.20 Å². The zero-order valence-corrected chi connectivity index (χ0v) is 8.45. The Balaban J connectivity index is 2.59. The van der Waals surface area contributed by atoms with Crippen LogP contribution in [0.1, 0.15) is 0 Å². The Kier molecular flexibility index (Phi) is 1.76. The summed E-state index contributed by atoms with van der Waals surface area (Å²) in [7, 11) is 5.85. The first-order valence-corrected chi connectivity index (χ1v) is 4.85. The maximum absolute atomic E-state index is 5.88. The van der Waals surface area contributed by atoms with E-state index in [2.05, 4.69) is 4.98 Å². The predicted octanol–water partition coefficient (Wildman–Crippen LogP) is 2.43. The Labute approximate surface area is 92.3 Å². The number of hydrogen-bond acceptors (Lipinski definition) is 2. The predicted molar refractivity (Wildman–Crippen MR) is 61.9 cm³/mol. The van der Waals surface area contributed by atoms with Gasteiger partial charge in [-0.15, -0.1) is 0 Å². The SMILES string of the molecule is [B]c1cncc2oc3cc(Cl)ccc3c12. The van der Waals surface area contributed by atoms with Crippen LogP contribution in [0.4, 0.5) is 0 Å². The van der Waals surface area contributed by atoms with Crippen LogP contribution in [-0.2, 0) is 0 Å². The minimum Gasteiger partial charge on any atom is -0.454 e. The standard InChI is InChI=1S/C11H5BClNO/c12-8-4-14-5-10-11(8)7-2-1-6(13)3-9(7)15-10/h1-5H. The molecule has 1 aromatic carbocycles. The van der Waals surface area contributed by atoms with Crippen LogP contribution in [-0.4, -0.2) is 12.8 Å². The molecule has 15 heavy (non-hydrogen) atoms. The van der Waals surface area contributed by atoms with Gasteiger partial charge in [-0.1, -0.05) is 17.1 Å². The summed E-state index contributed by atoms with van der Waals surface area (Å²) in [6, 6.07) is 5.49. The van der Waals surface area contributed by atoms with Gasteiger partial charge in [-0.3, -0.25) is 4.98 Å². The van der Waals surface area contributed by atoms with Crippen molar-refractivity contribution in [3.8, 4) is 0 Å². The molecule has 2 heterocycles. The van der Waals surface area contributed by atoms with Gasteiger partial charge in [-0.05, 0) is 12.1 Å². The third-order valence-corrected chi connectivity index (χ3v) is 2.61. The maximum Gasteiger partial charge on any atom is 0.153 e. The molecule has 0 aliphatic heterocycles. The van der Waals surface area contributed by atoms with E-state index in [9.17, 15) is 0 Å². The Hall–Kier alpha value is -1.48. The van der Waals surface area contributed by atoms with Crippen molar-refractivity contribution < 1.29 is 4.42 Å². The van der Waals surface area contributed by atoms with Gasteiger partial charge in [0.25, 0.3) is 0 Å². The lowest BCUT2D eigenvalue weighted by atomic mass is 9.93. The first kappa shape index (κ1) is 8.80. The van der Waals surface area contributed by atoms with Gasteiger partial charge in [0.1, 0.15) is 13.4 Å². The topological polar surface area (TPSA) is 26.0 Å². The molecule has 4 heteroatoms. The van der Waals surface area contributed by atoms with Crippen molar-refractivity contribution in [2.75, 3.05) is 0 Å². The highest BCUT2D eigenvalue weighted by molar-refractivity contribution is 6.41. The second-order valence-electron chi connectivity index (χ2n) is 3.34. The molecule has 3 aromatic rings. The molecule has 0 spiro atoms. The fourth-order valence-corrected chi connectivity index (χ4v) is 1.89. The van der Waals surface area contributed by atoms with Gasteiger partial charge >= 0.3 is 0 Å². The van der Waals surface area contributed by atoms with Crippen LogP contribution in [0, 0.1) is 0 Å². The summed E-state index contributed by atoms with van der Waals surface area (Å²) in [5, 5.41) is 2.51. The third-order valence-electron chi connectivity index (χ3n) is 2.37. The van der Waals surface area contributed by atoms with Crippen LogP contribution in [0.25, 0.3) is 21.9 Å². The number of aromatic nitrogens is 1. The molecule has 0 aliphatic carbocycles. The maximum atomic E-state index is 5.88. The van der Waals surface area contributed by atoms with Gasteiger partial charge in [0.15, 0.2) is 5.58 Å². The van der Waals surface area contributed by atoms with Crippen molar-refractivity contribution in [1.29, 1.82) is 0 Å².